The molecule has 1 aliphatic rings. The van der Waals surface area contributed by atoms with Crippen molar-refractivity contribution in [1.82, 2.24) is 9.78 Å². The lowest BCUT2D eigenvalue weighted by molar-refractivity contribution is -0.192. The number of benzene rings is 3. The van der Waals surface area contributed by atoms with E-state index in [0.717, 1.165) is 30.0 Å². The third-order valence-electron chi connectivity index (χ3n) is 6.64. The third-order valence-corrected chi connectivity index (χ3v) is 6.64. The maximum atomic E-state index is 13.1. The number of carboxylic acids is 1. The van der Waals surface area contributed by atoms with Crippen LogP contribution in [-0.4, -0.2) is 72.4 Å². The number of rotatable bonds is 7. The zero-order valence-corrected chi connectivity index (χ0v) is 24.8. The Labute approximate surface area is 261 Å². The quantitative estimate of drug-likeness (QED) is 0.206. The van der Waals surface area contributed by atoms with Crippen molar-refractivity contribution in [2.75, 3.05) is 54.3 Å². The fourth-order valence-electron chi connectivity index (χ4n) is 4.34. The van der Waals surface area contributed by atoms with Crippen molar-refractivity contribution in [3.63, 3.8) is 0 Å². The van der Waals surface area contributed by atoms with E-state index in [1.807, 2.05) is 55.5 Å². The van der Waals surface area contributed by atoms with Crippen LogP contribution in [0.3, 0.4) is 0 Å². The summed E-state index contributed by atoms with van der Waals surface area (Å²) in [6.07, 6.45) is -1.85. The van der Waals surface area contributed by atoms with Crippen LogP contribution >= 0.6 is 0 Å². The lowest BCUT2D eigenvalue weighted by Crippen LogP contribution is -2.36. The number of ether oxygens (including phenoxy) is 2. The van der Waals surface area contributed by atoms with Gasteiger partial charge in [-0.1, -0.05) is 24.3 Å². The molecular formula is C31H31F3N6O6. The number of methoxy groups -OCH3 is 1. The van der Waals surface area contributed by atoms with Gasteiger partial charge in [0.05, 0.1) is 49.8 Å². The zero-order chi connectivity index (χ0) is 33.3. The number of para-hydroxylation sites is 1. The summed E-state index contributed by atoms with van der Waals surface area (Å²) in [6, 6.07) is 19.9. The first-order valence-electron chi connectivity index (χ1n) is 13.9. The number of carbonyl (C=O) groups is 3. The van der Waals surface area contributed by atoms with Crippen LogP contribution in [0.15, 0.2) is 79.1 Å². The van der Waals surface area contributed by atoms with E-state index in [1.54, 1.807) is 42.4 Å². The van der Waals surface area contributed by atoms with Crippen molar-refractivity contribution in [3.05, 3.63) is 90.3 Å². The van der Waals surface area contributed by atoms with Crippen LogP contribution in [0.5, 0.6) is 5.75 Å². The molecule has 12 nitrogen and oxygen atoms in total. The monoisotopic (exact) mass is 640 g/mol. The predicted octanol–water partition coefficient (Wildman–Crippen LogP) is 5.56. The number of alkyl halides is 3. The maximum Gasteiger partial charge on any atom is 0.490 e. The Morgan fingerprint density at radius 1 is 0.935 bits per heavy atom. The molecule has 0 saturated carbocycles. The number of nitrogens with one attached hydrogen (secondary N) is 3. The summed E-state index contributed by atoms with van der Waals surface area (Å²) in [5.74, 6) is -2.33. The van der Waals surface area contributed by atoms with Gasteiger partial charge in [0.25, 0.3) is 5.91 Å². The molecular weight excluding hydrogens is 609 g/mol. The van der Waals surface area contributed by atoms with Crippen molar-refractivity contribution < 1.29 is 42.1 Å². The molecule has 5 rings (SSSR count). The van der Waals surface area contributed by atoms with Crippen molar-refractivity contribution in [3.8, 4) is 11.4 Å². The second kappa shape index (κ2) is 14.9. The van der Waals surface area contributed by atoms with E-state index in [0.29, 0.717) is 41.6 Å². The predicted molar refractivity (Wildman–Crippen MR) is 165 cm³/mol. The third kappa shape index (κ3) is 8.98. The van der Waals surface area contributed by atoms with Gasteiger partial charge in [-0.15, -0.1) is 0 Å². The van der Waals surface area contributed by atoms with Gasteiger partial charge in [0, 0.05) is 36.1 Å². The fourth-order valence-corrected chi connectivity index (χ4v) is 4.34. The highest BCUT2D eigenvalue weighted by molar-refractivity contribution is 6.05. The van der Waals surface area contributed by atoms with Crippen LogP contribution in [0.4, 0.5) is 40.7 Å². The second-order valence-electron chi connectivity index (χ2n) is 9.86. The smallest absolute Gasteiger partial charge is 0.490 e. The van der Waals surface area contributed by atoms with Gasteiger partial charge in [-0.3, -0.25) is 4.79 Å². The van der Waals surface area contributed by atoms with Crippen molar-refractivity contribution in [2.24, 2.45) is 0 Å². The summed E-state index contributed by atoms with van der Waals surface area (Å²) >= 11 is 0. The van der Waals surface area contributed by atoms with Gasteiger partial charge >= 0.3 is 18.2 Å². The summed E-state index contributed by atoms with van der Waals surface area (Å²) in [6.45, 7) is 4.85. The number of amides is 3. The van der Waals surface area contributed by atoms with Crippen LogP contribution < -0.4 is 25.6 Å². The van der Waals surface area contributed by atoms with E-state index < -0.39 is 12.1 Å². The number of urea groups is 1. The Bertz CT molecular complexity index is 1690. The number of aromatic nitrogens is 2. The van der Waals surface area contributed by atoms with Gasteiger partial charge in [-0.05, 0) is 48.9 Å². The number of anilines is 4. The van der Waals surface area contributed by atoms with Crippen LogP contribution in [0.25, 0.3) is 5.69 Å². The summed E-state index contributed by atoms with van der Waals surface area (Å²) in [4.78, 5) is 36.6. The molecule has 0 radical (unpaired) electrons. The molecule has 4 aromatic rings. The van der Waals surface area contributed by atoms with Gasteiger partial charge < -0.3 is 35.4 Å². The van der Waals surface area contributed by atoms with E-state index in [1.165, 1.54) is 0 Å². The van der Waals surface area contributed by atoms with Crippen molar-refractivity contribution in [1.29, 1.82) is 0 Å². The minimum Gasteiger partial charge on any atom is -0.495 e. The highest BCUT2D eigenvalue weighted by Crippen LogP contribution is 2.32. The normalized spacial score (nSPS) is 12.8. The number of halogens is 3. The standard InChI is InChI=1S/C29H30N6O4.C2HF3O2/c1-20-6-3-4-9-25(20)33-29(37)32-23-18-30-35(19-23)24-8-5-7-21(16-24)28(36)31-22-10-11-26(27(17-22)38-2)34-12-14-39-15-13-34;3-2(4,5)1(6)7/h3-11,16-19H,12-15H2,1-2H3,(H,31,36)(H2,32,33,37);(H,6,7). The molecule has 1 aliphatic heterocycles. The zero-order valence-electron chi connectivity index (χ0n) is 24.8. The molecule has 0 unspecified atom stereocenters. The Hall–Kier alpha value is -5.57. The Morgan fingerprint density at radius 3 is 2.33 bits per heavy atom. The molecule has 46 heavy (non-hydrogen) atoms. The minimum atomic E-state index is -5.08. The fraction of sp³-hybridized carbons (Fsp3) is 0.226. The molecule has 1 saturated heterocycles. The van der Waals surface area contributed by atoms with Gasteiger partial charge in [0.1, 0.15) is 5.75 Å². The molecule has 3 aromatic carbocycles. The largest absolute Gasteiger partial charge is 0.495 e. The molecule has 15 heteroatoms. The number of morpholine rings is 1. The first-order valence-corrected chi connectivity index (χ1v) is 13.9. The minimum absolute atomic E-state index is 0.263. The highest BCUT2D eigenvalue weighted by atomic mass is 19.4. The molecule has 242 valence electrons. The lowest BCUT2D eigenvalue weighted by atomic mass is 10.1. The van der Waals surface area contributed by atoms with E-state index in [4.69, 9.17) is 19.4 Å². The Morgan fingerprint density at radius 2 is 1.65 bits per heavy atom. The van der Waals surface area contributed by atoms with Gasteiger partial charge in [-0.2, -0.15) is 18.3 Å². The molecule has 2 heterocycles. The molecule has 1 fully saturated rings. The molecule has 0 atom stereocenters. The molecule has 1 aromatic heterocycles. The average Bonchev–Trinajstić information content (AvgIpc) is 3.50. The topological polar surface area (TPSA) is 147 Å². The summed E-state index contributed by atoms with van der Waals surface area (Å²) in [7, 11) is 1.62. The van der Waals surface area contributed by atoms with Gasteiger partial charge in [0.2, 0.25) is 0 Å². The number of aryl methyl sites for hydroxylation is 1. The van der Waals surface area contributed by atoms with Crippen LogP contribution in [0.1, 0.15) is 15.9 Å². The molecule has 4 N–H and O–H groups in total. The van der Waals surface area contributed by atoms with Crippen LogP contribution in [0, 0.1) is 6.92 Å². The lowest BCUT2D eigenvalue weighted by Gasteiger charge is -2.30. The number of carboxylic acid groups (broad SMARTS) is 1. The number of hydrogen-bond donors (Lipinski definition) is 4. The molecule has 3 amide bonds. The molecule has 0 aliphatic carbocycles. The van der Waals surface area contributed by atoms with E-state index in [2.05, 4.69) is 25.9 Å². The average molecular weight is 641 g/mol. The molecule has 0 spiro atoms. The van der Waals surface area contributed by atoms with Crippen molar-refractivity contribution >= 4 is 40.7 Å². The van der Waals surface area contributed by atoms with E-state index >= 15 is 0 Å². The van der Waals surface area contributed by atoms with Gasteiger partial charge in [0.15, 0.2) is 0 Å². The Balaban J connectivity index is 0.000000617. The second-order valence-corrected chi connectivity index (χ2v) is 9.86. The van der Waals surface area contributed by atoms with E-state index in [-0.39, 0.29) is 11.9 Å². The summed E-state index contributed by atoms with van der Waals surface area (Å²) < 4.78 is 44.4. The molecule has 0 bridgehead atoms. The highest BCUT2D eigenvalue weighted by Gasteiger charge is 2.38. The van der Waals surface area contributed by atoms with Crippen molar-refractivity contribution in [2.45, 2.75) is 13.1 Å². The number of aliphatic carboxylic acids is 1. The summed E-state index contributed by atoms with van der Waals surface area (Å²) in [5, 5.41) is 20.0. The number of hydrogen-bond acceptors (Lipinski definition) is 7. The van der Waals surface area contributed by atoms with Crippen LogP contribution in [-0.2, 0) is 9.53 Å². The number of nitrogens with zero attached hydrogens (tertiary/aromatic N) is 3. The van der Waals surface area contributed by atoms with Crippen LogP contribution in [0.2, 0.25) is 0 Å². The van der Waals surface area contributed by atoms with E-state index in [9.17, 15) is 22.8 Å². The maximum absolute atomic E-state index is 13.1. The first-order chi connectivity index (χ1) is 21.9. The first kappa shape index (κ1) is 33.3. The number of carbonyl (C=O) groups excluding carboxylic acids is 2. The summed E-state index contributed by atoms with van der Waals surface area (Å²) in [5.41, 5.74) is 4.95. The SMILES string of the molecule is COc1cc(NC(=O)c2cccc(-n3cc(NC(=O)Nc4ccccc4C)cn3)c2)ccc1N1CCOCC1.O=C(O)C(F)(F)F. The Kier molecular flexibility index (Phi) is 10.8. The van der Waals surface area contributed by atoms with Gasteiger partial charge in [-0.25, -0.2) is 14.3 Å².